The van der Waals surface area contributed by atoms with E-state index in [0.717, 1.165) is 11.1 Å². The third-order valence-electron chi connectivity index (χ3n) is 2.83. The molecule has 20 heavy (non-hydrogen) atoms. The molecule has 3 nitrogen and oxygen atoms in total. The van der Waals surface area contributed by atoms with Gasteiger partial charge in [0.1, 0.15) is 11.9 Å². The van der Waals surface area contributed by atoms with Gasteiger partial charge in [0.15, 0.2) is 0 Å². The van der Waals surface area contributed by atoms with Gasteiger partial charge >= 0.3 is 5.97 Å². The number of carbonyl (C=O) groups is 1. The van der Waals surface area contributed by atoms with Gasteiger partial charge in [-0.3, -0.25) is 4.79 Å². The van der Waals surface area contributed by atoms with Crippen LogP contribution in [0.2, 0.25) is 5.02 Å². The van der Waals surface area contributed by atoms with E-state index in [2.05, 4.69) is 0 Å². The summed E-state index contributed by atoms with van der Waals surface area (Å²) in [4.78, 5) is 10.6. The van der Waals surface area contributed by atoms with Crippen molar-refractivity contribution in [3.8, 4) is 16.9 Å². The summed E-state index contributed by atoms with van der Waals surface area (Å²) in [6, 6.07) is 15.4. The maximum Gasteiger partial charge on any atom is 0.307 e. The number of hydrogen-bond donors (Lipinski definition) is 1. The van der Waals surface area contributed by atoms with Crippen molar-refractivity contribution in [2.45, 2.75) is 19.4 Å². The minimum atomic E-state index is -0.894. The van der Waals surface area contributed by atoms with Crippen LogP contribution in [0.5, 0.6) is 5.75 Å². The zero-order chi connectivity index (χ0) is 14.5. The first kappa shape index (κ1) is 14.4. The summed E-state index contributed by atoms with van der Waals surface area (Å²) < 4.78 is 5.53. The highest BCUT2D eigenvalue weighted by molar-refractivity contribution is 6.32. The van der Waals surface area contributed by atoms with Gasteiger partial charge in [-0.25, -0.2) is 0 Å². The van der Waals surface area contributed by atoms with Crippen molar-refractivity contribution in [3.63, 3.8) is 0 Å². The van der Waals surface area contributed by atoms with Gasteiger partial charge in [-0.1, -0.05) is 48.0 Å². The molecule has 0 spiro atoms. The molecule has 2 aromatic rings. The zero-order valence-electron chi connectivity index (χ0n) is 11.0. The second-order valence-electron chi connectivity index (χ2n) is 4.54. The largest absolute Gasteiger partial charge is 0.489 e. The zero-order valence-corrected chi connectivity index (χ0v) is 11.8. The second kappa shape index (κ2) is 6.44. The van der Waals surface area contributed by atoms with Crippen molar-refractivity contribution in [1.29, 1.82) is 0 Å². The molecule has 0 aliphatic heterocycles. The van der Waals surface area contributed by atoms with Crippen LogP contribution in [0.4, 0.5) is 0 Å². The highest BCUT2D eigenvalue weighted by Gasteiger charge is 2.12. The Morgan fingerprint density at radius 1 is 1.20 bits per heavy atom. The van der Waals surface area contributed by atoms with Gasteiger partial charge in [-0.15, -0.1) is 0 Å². The van der Waals surface area contributed by atoms with Crippen LogP contribution in [0.3, 0.4) is 0 Å². The molecule has 0 saturated carbocycles. The predicted octanol–water partition coefficient (Wildman–Crippen LogP) is 4.25. The molecule has 2 aromatic carbocycles. The summed E-state index contributed by atoms with van der Waals surface area (Å²) in [5, 5.41) is 9.19. The molecule has 2 rings (SSSR count). The SMILES string of the molecule is C[C@H](CC(=O)O)Oc1ccc(-c2ccccc2)cc1Cl. The molecule has 0 fully saturated rings. The number of hydrogen-bond acceptors (Lipinski definition) is 2. The third-order valence-corrected chi connectivity index (χ3v) is 3.12. The normalized spacial score (nSPS) is 11.9. The van der Waals surface area contributed by atoms with Crippen LogP contribution in [0.15, 0.2) is 48.5 Å². The average Bonchev–Trinajstić information content (AvgIpc) is 2.41. The summed E-state index contributed by atoms with van der Waals surface area (Å²) in [6.07, 6.45) is -0.482. The van der Waals surface area contributed by atoms with E-state index < -0.39 is 12.1 Å². The van der Waals surface area contributed by atoms with Gasteiger partial charge in [0, 0.05) is 0 Å². The van der Waals surface area contributed by atoms with Crippen molar-refractivity contribution in [2.24, 2.45) is 0 Å². The van der Waals surface area contributed by atoms with E-state index in [1.165, 1.54) is 0 Å². The Kier molecular flexibility index (Phi) is 4.64. The fourth-order valence-corrected chi connectivity index (χ4v) is 2.14. The molecular formula is C16H15ClO3. The molecule has 104 valence electrons. The molecule has 1 N–H and O–H groups in total. The van der Waals surface area contributed by atoms with E-state index in [4.69, 9.17) is 21.4 Å². The molecule has 0 radical (unpaired) electrons. The van der Waals surface area contributed by atoms with Crippen molar-refractivity contribution in [3.05, 3.63) is 53.6 Å². The van der Waals surface area contributed by atoms with Crippen molar-refractivity contribution in [2.75, 3.05) is 0 Å². The van der Waals surface area contributed by atoms with Crippen LogP contribution < -0.4 is 4.74 Å². The number of aliphatic carboxylic acids is 1. The van der Waals surface area contributed by atoms with Crippen molar-refractivity contribution >= 4 is 17.6 Å². The van der Waals surface area contributed by atoms with E-state index in [1.54, 1.807) is 13.0 Å². The van der Waals surface area contributed by atoms with Crippen LogP contribution in [-0.2, 0) is 4.79 Å². The minimum Gasteiger partial charge on any atom is -0.489 e. The smallest absolute Gasteiger partial charge is 0.307 e. The molecule has 0 unspecified atom stereocenters. The fraction of sp³-hybridized carbons (Fsp3) is 0.188. The minimum absolute atomic E-state index is 0.0588. The molecule has 1 atom stereocenters. The topological polar surface area (TPSA) is 46.5 Å². The summed E-state index contributed by atoms with van der Waals surface area (Å²) in [7, 11) is 0. The van der Waals surface area contributed by atoms with Crippen LogP contribution in [0, 0.1) is 0 Å². The number of benzene rings is 2. The van der Waals surface area contributed by atoms with Crippen molar-refractivity contribution in [1.82, 2.24) is 0 Å². The average molecular weight is 291 g/mol. The number of carboxylic acid groups (broad SMARTS) is 1. The molecule has 0 amide bonds. The maximum atomic E-state index is 10.6. The van der Waals surface area contributed by atoms with Crippen LogP contribution in [-0.4, -0.2) is 17.2 Å². The Morgan fingerprint density at radius 2 is 1.90 bits per heavy atom. The van der Waals surface area contributed by atoms with Gasteiger partial charge in [0.2, 0.25) is 0 Å². The van der Waals surface area contributed by atoms with E-state index in [9.17, 15) is 4.79 Å². The molecular weight excluding hydrogens is 276 g/mol. The first-order valence-corrected chi connectivity index (χ1v) is 6.67. The fourth-order valence-electron chi connectivity index (χ4n) is 1.91. The number of rotatable bonds is 5. The molecule has 0 aliphatic carbocycles. The first-order chi connectivity index (χ1) is 9.56. The lowest BCUT2D eigenvalue weighted by Crippen LogP contribution is -2.16. The Labute approximate surface area is 122 Å². The molecule has 0 bridgehead atoms. The van der Waals surface area contributed by atoms with Crippen LogP contribution >= 0.6 is 11.6 Å². The van der Waals surface area contributed by atoms with Gasteiger partial charge in [0.25, 0.3) is 0 Å². The number of halogens is 1. The Morgan fingerprint density at radius 3 is 2.50 bits per heavy atom. The molecule has 4 heteroatoms. The second-order valence-corrected chi connectivity index (χ2v) is 4.94. The summed E-state index contributed by atoms with van der Waals surface area (Å²) >= 11 is 6.19. The molecule has 0 aliphatic rings. The van der Waals surface area contributed by atoms with Crippen molar-refractivity contribution < 1.29 is 14.6 Å². The molecule has 0 saturated heterocycles. The Balaban J connectivity index is 2.16. The number of carboxylic acids is 1. The summed E-state index contributed by atoms with van der Waals surface area (Å²) in [5.74, 6) is -0.394. The lowest BCUT2D eigenvalue weighted by atomic mass is 10.1. The van der Waals surface area contributed by atoms with Crippen LogP contribution in [0.25, 0.3) is 11.1 Å². The van der Waals surface area contributed by atoms with Crippen LogP contribution in [0.1, 0.15) is 13.3 Å². The first-order valence-electron chi connectivity index (χ1n) is 6.29. The highest BCUT2D eigenvalue weighted by atomic mass is 35.5. The quantitative estimate of drug-likeness (QED) is 0.895. The molecule has 0 heterocycles. The van der Waals surface area contributed by atoms with Gasteiger partial charge in [-0.05, 0) is 30.2 Å². The Hall–Kier alpha value is -2.00. The maximum absolute atomic E-state index is 10.6. The lowest BCUT2D eigenvalue weighted by molar-refractivity contribution is -0.138. The number of ether oxygens (including phenoxy) is 1. The Bertz CT molecular complexity index is 596. The third kappa shape index (κ3) is 3.75. The predicted molar refractivity (Wildman–Crippen MR) is 79.2 cm³/mol. The van der Waals surface area contributed by atoms with E-state index >= 15 is 0 Å². The van der Waals surface area contributed by atoms with E-state index in [-0.39, 0.29) is 6.42 Å². The lowest BCUT2D eigenvalue weighted by Gasteiger charge is -2.14. The van der Waals surface area contributed by atoms with Gasteiger partial charge in [0.05, 0.1) is 11.4 Å². The summed E-state index contributed by atoms with van der Waals surface area (Å²) in [5.41, 5.74) is 2.06. The van der Waals surface area contributed by atoms with Gasteiger partial charge in [-0.2, -0.15) is 0 Å². The van der Waals surface area contributed by atoms with E-state index in [1.807, 2.05) is 42.5 Å². The monoisotopic (exact) mass is 290 g/mol. The van der Waals surface area contributed by atoms with E-state index in [0.29, 0.717) is 10.8 Å². The van der Waals surface area contributed by atoms with Gasteiger partial charge < -0.3 is 9.84 Å². The standard InChI is InChI=1S/C16H15ClO3/c1-11(9-16(18)19)20-15-8-7-13(10-14(15)17)12-5-3-2-4-6-12/h2-8,10-11H,9H2,1H3,(H,18,19)/t11-/m1/s1. The highest BCUT2D eigenvalue weighted by Crippen LogP contribution is 2.31. The molecule has 0 aromatic heterocycles. The summed E-state index contributed by atoms with van der Waals surface area (Å²) in [6.45, 7) is 1.70.